The van der Waals surface area contributed by atoms with Crippen LogP contribution < -0.4 is 4.74 Å². The van der Waals surface area contributed by atoms with E-state index in [1.165, 1.54) is 44.7 Å². The highest BCUT2D eigenvalue weighted by Gasteiger charge is 2.11. The quantitative estimate of drug-likeness (QED) is 0.505. The summed E-state index contributed by atoms with van der Waals surface area (Å²) in [4.78, 5) is 14.8. The number of pyridine rings is 1. The lowest BCUT2D eigenvalue weighted by Gasteiger charge is -2.08. The summed E-state index contributed by atoms with van der Waals surface area (Å²) in [5, 5.41) is 17.7. The van der Waals surface area contributed by atoms with Gasteiger partial charge in [0.2, 0.25) is 0 Å². The van der Waals surface area contributed by atoms with Gasteiger partial charge in [-0.3, -0.25) is 0 Å². The summed E-state index contributed by atoms with van der Waals surface area (Å²) in [5.41, 5.74) is -0.0197. The van der Waals surface area contributed by atoms with Crippen molar-refractivity contribution < 1.29 is 19.7 Å². The molecule has 0 aliphatic carbocycles. The third-order valence-electron chi connectivity index (χ3n) is 3.78. The molecule has 2 N–H and O–H groups in total. The largest absolute Gasteiger partial charge is 0.491 e. The fourth-order valence-corrected chi connectivity index (χ4v) is 2.48. The average Bonchev–Trinajstić information content (AvgIpc) is 2.56. The van der Waals surface area contributed by atoms with E-state index in [9.17, 15) is 4.79 Å². The summed E-state index contributed by atoms with van der Waals surface area (Å²) < 4.78 is 5.52. The first kappa shape index (κ1) is 19.4. The first-order chi connectivity index (χ1) is 11.3. The molecule has 0 radical (unpaired) electrons. The average molecular weight is 323 g/mol. The van der Waals surface area contributed by atoms with Crippen molar-refractivity contribution in [3.05, 3.63) is 24.0 Å². The van der Waals surface area contributed by atoms with Crippen LogP contribution in [0.15, 0.2) is 18.3 Å². The monoisotopic (exact) mass is 323 g/mol. The molecule has 0 bridgehead atoms. The SMILES string of the molecule is O=C(O)c1ncccc1OCCCCCCCCCCCCO. The maximum absolute atomic E-state index is 11.0. The lowest BCUT2D eigenvalue weighted by molar-refractivity contribution is 0.0685. The summed E-state index contributed by atoms with van der Waals surface area (Å²) in [7, 11) is 0. The molecule has 1 rings (SSSR count). The van der Waals surface area contributed by atoms with Gasteiger partial charge in [0.25, 0.3) is 0 Å². The number of aromatic carboxylic acids is 1. The van der Waals surface area contributed by atoms with Crippen LogP contribution in [0.3, 0.4) is 0 Å². The van der Waals surface area contributed by atoms with Crippen LogP contribution >= 0.6 is 0 Å². The molecule has 0 aliphatic rings. The molecule has 5 heteroatoms. The van der Waals surface area contributed by atoms with Crippen LogP contribution in [0.25, 0.3) is 0 Å². The van der Waals surface area contributed by atoms with E-state index in [1.807, 2.05) is 0 Å². The van der Waals surface area contributed by atoms with Gasteiger partial charge in [-0.15, -0.1) is 0 Å². The molecule has 1 heterocycles. The van der Waals surface area contributed by atoms with Gasteiger partial charge in [0, 0.05) is 12.8 Å². The van der Waals surface area contributed by atoms with Crippen molar-refractivity contribution in [2.75, 3.05) is 13.2 Å². The molecule has 0 unspecified atom stereocenters. The number of carboxylic acids is 1. The lowest BCUT2D eigenvalue weighted by atomic mass is 10.1. The van der Waals surface area contributed by atoms with Crippen molar-refractivity contribution in [1.82, 2.24) is 4.98 Å². The first-order valence-corrected chi connectivity index (χ1v) is 8.67. The Balaban J connectivity index is 1.97. The number of aliphatic hydroxyl groups is 1. The number of hydrogen-bond donors (Lipinski definition) is 2. The van der Waals surface area contributed by atoms with Crippen LogP contribution in [0.4, 0.5) is 0 Å². The van der Waals surface area contributed by atoms with Crippen LogP contribution in [0.1, 0.15) is 74.7 Å². The molecule has 5 nitrogen and oxygen atoms in total. The van der Waals surface area contributed by atoms with E-state index in [0.29, 0.717) is 19.0 Å². The number of hydrogen-bond acceptors (Lipinski definition) is 4. The number of nitrogens with zero attached hydrogens (tertiary/aromatic N) is 1. The number of aromatic nitrogens is 1. The Labute approximate surface area is 138 Å². The van der Waals surface area contributed by atoms with E-state index in [0.717, 1.165) is 25.7 Å². The molecule has 0 saturated carbocycles. The number of ether oxygens (including phenoxy) is 1. The molecule has 0 aromatic carbocycles. The maximum Gasteiger partial charge on any atom is 0.358 e. The number of rotatable bonds is 14. The van der Waals surface area contributed by atoms with Crippen LogP contribution in [0.2, 0.25) is 0 Å². The van der Waals surface area contributed by atoms with E-state index < -0.39 is 5.97 Å². The summed E-state index contributed by atoms with van der Waals surface area (Å²) >= 11 is 0. The van der Waals surface area contributed by atoms with Gasteiger partial charge in [0.05, 0.1) is 6.61 Å². The molecule has 0 amide bonds. The molecular formula is C18H29NO4. The predicted molar refractivity (Wildman–Crippen MR) is 89.9 cm³/mol. The van der Waals surface area contributed by atoms with Crippen molar-refractivity contribution in [2.24, 2.45) is 0 Å². The Kier molecular flexibility index (Phi) is 10.9. The Bertz CT molecular complexity index is 437. The predicted octanol–water partition coefficient (Wildman–Crippen LogP) is 4.05. The molecule has 0 spiro atoms. The number of carboxylic acid groups (broad SMARTS) is 1. The van der Waals surface area contributed by atoms with E-state index in [2.05, 4.69) is 4.98 Å². The fraction of sp³-hybridized carbons (Fsp3) is 0.667. The second-order valence-corrected chi connectivity index (χ2v) is 5.76. The summed E-state index contributed by atoms with van der Waals surface area (Å²) in [6.45, 7) is 0.849. The third-order valence-corrected chi connectivity index (χ3v) is 3.78. The zero-order valence-corrected chi connectivity index (χ0v) is 13.9. The zero-order chi connectivity index (χ0) is 16.8. The van der Waals surface area contributed by atoms with E-state index in [-0.39, 0.29) is 5.69 Å². The van der Waals surface area contributed by atoms with Gasteiger partial charge in [-0.1, -0.05) is 51.4 Å². The standard InChI is InChI=1S/C18H29NO4/c20-14-9-7-5-3-1-2-4-6-8-10-15-23-16-12-11-13-19-17(16)18(21)22/h11-13,20H,1-10,14-15H2,(H,21,22). The maximum atomic E-state index is 11.0. The van der Waals surface area contributed by atoms with Crippen LogP contribution in [0.5, 0.6) is 5.75 Å². The second-order valence-electron chi connectivity index (χ2n) is 5.76. The van der Waals surface area contributed by atoms with E-state index >= 15 is 0 Å². The van der Waals surface area contributed by atoms with Gasteiger partial charge in [-0.25, -0.2) is 9.78 Å². The minimum Gasteiger partial charge on any atom is -0.491 e. The smallest absolute Gasteiger partial charge is 0.358 e. The van der Waals surface area contributed by atoms with Gasteiger partial charge in [-0.2, -0.15) is 0 Å². The number of carbonyl (C=O) groups is 1. The molecule has 1 aromatic heterocycles. The van der Waals surface area contributed by atoms with Gasteiger partial charge in [0.1, 0.15) is 0 Å². The van der Waals surface area contributed by atoms with Crippen molar-refractivity contribution in [3.8, 4) is 5.75 Å². The van der Waals surface area contributed by atoms with Crippen molar-refractivity contribution in [2.45, 2.75) is 64.2 Å². The second kappa shape index (κ2) is 12.9. The zero-order valence-electron chi connectivity index (χ0n) is 13.9. The normalized spacial score (nSPS) is 10.7. The highest BCUT2D eigenvalue weighted by atomic mass is 16.5. The van der Waals surface area contributed by atoms with Crippen LogP contribution in [-0.4, -0.2) is 34.4 Å². The Morgan fingerprint density at radius 3 is 2.09 bits per heavy atom. The lowest BCUT2D eigenvalue weighted by Crippen LogP contribution is -2.06. The van der Waals surface area contributed by atoms with Gasteiger partial charge >= 0.3 is 5.97 Å². The highest BCUT2D eigenvalue weighted by Crippen LogP contribution is 2.16. The third kappa shape index (κ3) is 9.18. The van der Waals surface area contributed by atoms with E-state index in [4.69, 9.17) is 14.9 Å². The van der Waals surface area contributed by atoms with Gasteiger partial charge < -0.3 is 14.9 Å². The van der Waals surface area contributed by atoms with Crippen LogP contribution in [-0.2, 0) is 0 Å². The van der Waals surface area contributed by atoms with Crippen molar-refractivity contribution >= 4 is 5.97 Å². The molecule has 0 fully saturated rings. The van der Waals surface area contributed by atoms with Gasteiger partial charge in [0.15, 0.2) is 11.4 Å². The first-order valence-electron chi connectivity index (χ1n) is 8.67. The van der Waals surface area contributed by atoms with Gasteiger partial charge in [-0.05, 0) is 25.0 Å². The highest BCUT2D eigenvalue weighted by molar-refractivity contribution is 5.88. The van der Waals surface area contributed by atoms with Crippen molar-refractivity contribution in [1.29, 1.82) is 0 Å². The molecule has 0 atom stereocenters. The Morgan fingerprint density at radius 1 is 0.957 bits per heavy atom. The molecule has 1 aromatic rings. The fourth-order valence-electron chi connectivity index (χ4n) is 2.48. The summed E-state index contributed by atoms with van der Waals surface area (Å²) in [5.74, 6) is -0.706. The van der Waals surface area contributed by atoms with E-state index in [1.54, 1.807) is 12.1 Å². The number of unbranched alkanes of at least 4 members (excludes halogenated alkanes) is 9. The minimum atomic E-state index is -1.06. The number of aliphatic hydroxyl groups excluding tert-OH is 1. The Hall–Kier alpha value is -1.62. The molecular weight excluding hydrogens is 294 g/mol. The Morgan fingerprint density at radius 2 is 1.52 bits per heavy atom. The van der Waals surface area contributed by atoms with Crippen molar-refractivity contribution in [3.63, 3.8) is 0 Å². The molecule has 0 saturated heterocycles. The molecule has 130 valence electrons. The molecule has 0 aliphatic heterocycles. The summed E-state index contributed by atoms with van der Waals surface area (Å²) in [6.07, 6.45) is 13.0. The minimum absolute atomic E-state index is 0.0197. The summed E-state index contributed by atoms with van der Waals surface area (Å²) in [6, 6.07) is 3.33. The topological polar surface area (TPSA) is 79.7 Å². The van der Waals surface area contributed by atoms with Crippen LogP contribution in [0, 0.1) is 0 Å². The molecule has 23 heavy (non-hydrogen) atoms.